The first-order valence-corrected chi connectivity index (χ1v) is 8.80. The predicted molar refractivity (Wildman–Crippen MR) is 90.6 cm³/mol. The molecule has 1 saturated carbocycles. The lowest BCUT2D eigenvalue weighted by Gasteiger charge is -2.14. The van der Waals surface area contributed by atoms with E-state index in [9.17, 15) is 0 Å². The molecule has 118 valence electrons. The van der Waals surface area contributed by atoms with Crippen molar-refractivity contribution in [3.05, 3.63) is 27.7 Å². The molecule has 0 aromatic heterocycles. The number of nitrogens with one attached hydrogen (secondary N) is 1. The summed E-state index contributed by atoms with van der Waals surface area (Å²) in [6.07, 6.45) is 8.68. The van der Waals surface area contributed by atoms with Crippen LogP contribution < -0.4 is 10.1 Å². The van der Waals surface area contributed by atoms with E-state index in [0.29, 0.717) is 16.1 Å². The largest absolute Gasteiger partial charge is 0.492 e. The van der Waals surface area contributed by atoms with Crippen molar-refractivity contribution in [1.29, 1.82) is 0 Å². The Labute approximate surface area is 138 Å². The molecule has 21 heavy (non-hydrogen) atoms. The SMILES string of the molecule is CCCCCCCOc1c(Cl)cc(Cl)cc1CNC1CC1. The van der Waals surface area contributed by atoms with Crippen LogP contribution in [0.1, 0.15) is 57.4 Å². The van der Waals surface area contributed by atoms with Gasteiger partial charge in [-0.15, -0.1) is 0 Å². The molecule has 0 bridgehead atoms. The van der Waals surface area contributed by atoms with Gasteiger partial charge in [-0.1, -0.05) is 55.8 Å². The van der Waals surface area contributed by atoms with Crippen LogP contribution in [0.15, 0.2) is 12.1 Å². The van der Waals surface area contributed by atoms with Crippen molar-refractivity contribution in [2.24, 2.45) is 0 Å². The van der Waals surface area contributed by atoms with Gasteiger partial charge in [0.25, 0.3) is 0 Å². The van der Waals surface area contributed by atoms with Gasteiger partial charge >= 0.3 is 0 Å². The van der Waals surface area contributed by atoms with Gasteiger partial charge < -0.3 is 10.1 Å². The van der Waals surface area contributed by atoms with Crippen molar-refractivity contribution in [2.45, 2.75) is 64.5 Å². The topological polar surface area (TPSA) is 21.3 Å². The molecule has 0 heterocycles. The molecule has 0 amide bonds. The van der Waals surface area contributed by atoms with Crippen molar-refractivity contribution >= 4 is 23.2 Å². The molecule has 1 N–H and O–H groups in total. The standard InChI is InChI=1S/C17H25Cl2NO/c1-2-3-4-5-6-9-21-17-13(12-20-15-7-8-15)10-14(18)11-16(17)19/h10-11,15,20H,2-9,12H2,1H3. The van der Waals surface area contributed by atoms with Gasteiger partial charge in [0.15, 0.2) is 0 Å². The fourth-order valence-electron chi connectivity index (χ4n) is 2.33. The van der Waals surface area contributed by atoms with E-state index in [0.717, 1.165) is 30.9 Å². The van der Waals surface area contributed by atoms with E-state index >= 15 is 0 Å². The first-order chi connectivity index (χ1) is 10.2. The van der Waals surface area contributed by atoms with E-state index < -0.39 is 0 Å². The quantitative estimate of drug-likeness (QED) is 0.564. The minimum atomic E-state index is 0.614. The van der Waals surface area contributed by atoms with Gasteiger partial charge in [-0.05, 0) is 31.4 Å². The summed E-state index contributed by atoms with van der Waals surface area (Å²) in [5, 5.41) is 4.77. The fraction of sp³-hybridized carbons (Fsp3) is 0.647. The Balaban J connectivity index is 1.86. The predicted octanol–water partition coefficient (Wildman–Crippen LogP) is 5.59. The maximum absolute atomic E-state index is 6.29. The summed E-state index contributed by atoms with van der Waals surface area (Å²) in [7, 11) is 0. The van der Waals surface area contributed by atoms with Gasteiger partial charge in [0.1, 0.15) is 5.75 Å². The second kappa shape index (κ2) is 8.87. The Hall–Kier alpha value is -0.440. The second-order valence-electron chi connectivity index (χ2n) is 5.79. The molecule has 4 heteroatoms. The fourth-order valence-corrected chi connectivity index (χ4v) is 2.92. The van der Waals surface area contributed by atoms with Gasteiger partial charge in [0.05, 0.1) is 11.6 Å². The summed E-state index contributed by atoms with van der Waals surface area (Å²) in [5.41, 5.74) is 1.06. The van der Waals surface area contributed by atoms with E-state index in [-0.39, 0.29) is 0 Å². The highest BCUT2D eigenvalue weighted by atomic mass is 35.5. The number of ether oxygens (including phenoxy) is 1. The maximum Gasteiger partial charge on any atom is 0.142 e. The number of hydrogen-bond donors (Lipinski definition) is 1. The highest BCUT2D eigenvalue weighted by Gasteiger charge is 2.21. The van der Waals surface area contributed by atoms with Gasteiger partial charge in [0.2, 0.25) is 0 Å². The molecule has 2 nitrogen and oxygen atoms in total. The Bertz CT molecular complexity index is 447. The third kappa shape index (κ3) is 6.06. The van der Waals surface area contributed by atoms with Crippen LogP contribution in [0.3, 0.4) is 0 Å². The van der Waals surface area contributed by atoms with Crippen molar-refractivity contribution in [2.75, 3.05) is 6.61 Å². The van der Waals surface area contributed by atoms with Gasteiger partial charge in [0, 0.05) is 23.2 Å². The normalized spacial score (nSPS) is 14.4. The van der Waals surface area contributed by atoms with Crippen LogP contribution in [-0.4, -0.2) is 12.6 Å². The van der Waals surface area contributed by atoms with Crippen molar-refractivity contribution in [3.8, 4) is 5.75 Å². The van der Waals surface area contributed by atoms with Gasteiger partial charge in [-0.3, -0.25) is 0 Å². The Morgan fingerprint density at radius 1 is 1.14 bits per heavy atom. The third-order valence-electron chi connectivity index (χ3n) is 3.74. The van der Waals surface area contributed by atoms with E-state index in [1.807, 2.05) is 6.07 Å². The zero-order valence-corrected chi connectivity index (χ0v) is 14.3. The Kier molecular flexibility index (Phi) is 7.15. The van der Waals surface area contributed by atoms with Crippen LogP contribution in [0, 0.1) is 0 Å². The molecular formula is C17H25Cl2NO. The summed E-state index contributed by atoms with van der Waals surface area (Å²) in [4.78, 5) is 0. The highest BCUT2D eigenvalue weighted by Crippen LogP contribution is 2.33. The molecule has 0 atom stereocenters. The van der Waals surface area contributed by atoms with Crippen LogP contribution in [-0.2, 0) is 6.54 Å². The Morgan fingerprint density at radius 3 is 2.62 bits per heavy atom. The van der Waals surface area contributed by atoms with Crippen LogP contribution in [0.5, 0.6) is 5.75 Å². The van der Waals surface area contributed by atoms with Crippen molar-refractivity contribution in [1.82, 2.24) is 5.32 Å². The average Bonchev–Trinajstić information content (AvgIpc) is 3.26. The summed E-state index contributed by atoms with van der Waals surface area (Å²) in [6, 6.07) is 4.37. The zero-order valence-electron chi connectivity index (χ0n) is 12.8. The lowest BCUT2D eigenvalue weighted by Crippen LogP contribution is -2.16. The molecule has 1 aromatic carbocycles. The molecule has 0 spiro atoms. The summed E-state index contributed by atoms with van der Waals surface area (Å²) < 4.78 is 5.93. The van der Waals surface area contributed by atoms with Crippen LogP contribution in [0.2, 0.25) is 10.0 Å². The summed E-state index contributed by atoms with van der Waals surface area (Å²) >= 11 is 12.4. The van der Waals surface area contributed by atoms with Gasteiger partial charge in [-0.25, -0.2) is 0 Å². The monoisotopic (exact) mass is 329 g/mol. The highest BCUT2D eigenvalue weighted by molar-refractivity contribution is 6.35. The second-order valence-corrected chi connectivity index (χ2v) is 6.64. The van der Waals surface area contributed by atoms with Crippen LogP contribution in [0.25, 0.3) is 0 Å². The van der Waals surface area contributed by atoms with Crippen molar-refractivity contribution < 1.29 is 4.74 Å². The molecule has 1 aliphatic rings. The van der Waals surface area contributed by atoms with Crippen LogP contribution in [0.4, 0.5) is 0 Å². The maximum atomic E-state index is 6.29. The third-order valence-corrected chi connectivity index (χ3v) is 4.24. The molecule has 1 aliphatic carbocycles. The molecule has 2 rings (SSSR count). The van der Waals surface area contributed by atoms with Crippen LogP contribution >= 0.6 is 23.2 Å². The minimum Gasteiger partial charge on any atom is -0.492 e. The molecule has 0 unspecified atom stereocenters. The molecular weight excluding hydrogens is 305 g/mol. The first kappa shape index (κ1) is 16.9. The Morgan fingerprint density at radius 2 is 1.90 bits per heavy atom. The van der Waals surface area contributed by atoms with Crippen molar-refractivity contribution in [3.63, 3.8) is 0 Å². The summed E-state index contributed by atoms with van der Waals surface area (Å²) in [5.74, 6) is 0.796. The smallest absolute Gasteiger partial charge is 0.142 e. The molecule has 1 fully saturated rings. The average molecular weight is 330 g/mol. The number of rotatable bonds is 10. The first-order valence-electron chi connectivity index (χ1n) is 8.04. The number of benzene rings is 1. The number of unbranched alkanes of at least 4 members (excludes halogenated alkanes) is 4. The summed E-state index contributed by atoms with van der Waals surface area (Å²) in [6.45, 7) is 3.72. The van der Waals surface area contributed by atoms with E-state index in [1.54, 1.807) is 6.07 Å². The lowest BCUT2D eigenvalue weighted by molar-refractivity contribution is 0.301. The van der Waals surface area contributed by atoms with E-state index in [4.69, 9.17) is 27.9 Å². The molecule has 0 radical (unpaired) electrons. The lowest BCUT2D eigenvalue weighted by atomic mass is 10.1. The minimum absolute atomic E-state index is 0.614. The zero-order chi connectivity index (χ0) is 15.1. The van der Waals surface area contributed by atoms with E-state index in [2.05, 4.69) is 12.2 Å². The number of hydrogen-bond acceptors (Lipinski definition) is 2. The molecule has 0 aliphatic heterocycles. The van der Waals surface area contributed by atoms with Gasteiger partial charge in [-0.2, -0.15) is 0 Å². The van der Waals surface area contributed by atoms with E-state index in [1.165, 1.54) is 38.5 Å². The molecule has 1 aromatic rings. The molecule has 0 saturated heterocycles. The number of halogens is 2.